The summed E-state index contributed by atoms with van der Waals surface area (Å²) in [5.74, 6) is 0. The number of pyridine rings is 1. The number of hydrogen-bond donors (Lipinski definition) is 0. The van der Waals surface area contributed by atoms with E-state index >= 15 is 0 Å². The second-order valence-corrected chi connectivity index (χ2v) is 5.31. The molecule has 0 bridgehead atoms. The maximum atomic E-state index is 6.10. The number of halogens is 1. The number of ether oxygens (including phenoxy) is 1. The lowest BCUT2D eigenvalue weighted by molar-refractivity contribution is 0.0158. The topological polar surface area (TPSA) is 22.1 Å². The van der Waals surface area contributed by atoms with Crippen LogP contribution in [0.5, 0.6) is 0 Å². The summed E-state index contributed by atoms with van der Waals surface area (Å²) in [7, 11) is 0. The van der Waals surface area contributed by atoms with E-state index in [4.69, 9.17) is 16.3 Å². The van der Waals surface area contributed by atoms with Crippen LogP contribution in [-0.2, 0) is 4.74 Å². The molecule has 1 saturated heterocycles. The summed E-state index contributed by atoms with van der Waals surface area (Å²) in [4.78, 5) is 4.56. The van der Waals surface area contributed by atoms with Crippen LogP contribution in [0.4, 0.5) is 0 Å². The SMILES string of the molecule is Cc1cc(C2CCCCO2)c2cc(Cl)ccc2n1. The highest BCUT2D eigenvalue weighted by atomic mass is 35.5. The predicted octanol–water partition coefficient (Wildman–Crippen LogP) is 4.44. The number of fused-ring (bicyclic) bond motifs is 1. The summed E-state index contributed by atoms with van der Waals surface area (Å²) in [5.41, 5.74) is 3.28. The quantitative estimate of drug-likeness (QED) is 0.757. The van der Waals surface area contributed by atoms with Crippen LogP contribution in [0.3, 0.4) is 0 Å². The molecule has 1 aliphatic heterocycles. The molecule has 0 amide bonds. The van der Waals surface area contributed by atoms with Crippen molar-refractivity contribution < 1.29 is 4.74 Å². The summed E-state index contributed by atoms with van der Waals surface area (Å²) in [5, 5.41) is 1.88. The first-order valence-corrected chi connectivity index (χ1v) is 6.80. The van der Waals surface area contributed by atoms with Crippen molar-refractivity contribution in [1.82, 2.24) is 4.98 Å². The van der Waals surface area contributed by atoms with Gasteiger partial charge in [-0.15, -0.1) is 0 Å². The monoisotopic (exact) mass is 261 g/mol. The van der Waals surface area contributed by atoms with Gasteiger partial charge >= 0.3 is 0 Å². The zero-order valence-electron chi connectivity index (χ0n) is 10.4. The molecule has 94 valence electrons. The fourth-order valence-electron chi connectivity index (χ4n) is 2.61. The van der Waals surface area contributed by atoms with E-state index in [1.807, 2.05) is 25.1 Å². The van der Waals surface area contributed by atoms with Gasteiger partial charge in [0.2, 0.25) is 0 Å². The van der Waals surface area contributed by atoms with Gasteiger partial charge in [-0.3, -0.25) is 4.98 Å². The maximum absolute atomic E-state index is 6.10. The van der Waals surface area contributed by atoms with E-state index in [-0.39, 0.29) is 6.10 Å². The van der Waals surface area contributed by atoms with Crippen LogP contribution in [0.1, 0.15) is 36.6 Å². The molecule has 1 aromatic carbocycles. The van der Waals surface area contributed by atoms with Crippen LogP contribution < -0.4 is 0 Å². The second kappa shape index (κ2) is 4.87. The number of benzene rings is 1. The Morgan fingerprint density at radius 1 is 1.28 bits per heavy atom. The van der Waals surface area contributed by atoms with Crippen LogP contribution in [-0.4, -0.2) is 11.6 Å². The Hall–Kier alpha value is -1.12. The van der Waals surface area contributed by atoms with Gasteiger partial charge < -0.3 is 4.74 Å². The van der Waals surface area contributed by atoms with Gasteiger partial charge in [0.05, 0.1) is 11.6 Å². The van der Waals surface area contributed by atoms with Crippen LogP contribution in [0, 0.1) is 6.92 Å². The van der Waals surface area contributed by atoms with Crippen LogP contribution >= 0.6 is 11.6 Å². The van der Waals surface area contributed by atoms with Crippen molar-refractivity contribution in [3.05, 3.63) is 40.5 Å². The first kappa shape index (κ1) is 11.9. The third-order valence-corrected chi connectivity index (χ3v) is 3.69. The molecule has 2 aromatic rings. The van der Waals surface area contributed by atoms with Crippen molar-refractivity contribution in [2.75, 3.05) is 6.61 Å². The Morgan fingerprint density at radius 2 is 2.17 bits per heavy atom. The van der Waals surface area contributed by atoms with Crippen molar-refractivity contribution in [3.63, 3.8) is 0 Å². The molecule has 1 fully saturated rings. The fraction of sp³-hybridized carbons (Fsp3) is 0.400. The van der Waals surface area contributed by atoms with Crippen molar-refractivity contribution in [3.8, 4) is 0 Å². The zero-order chi connectivity index (χ0) is 12.5. The van der Waals surface area contributed by atoms with Gasteiger partial charge in [-0.25, -0.2) is 0 Å². The minimum absolute atomic E-state index is 0.196. The molecule has 0 N–H and O–H groups in total. The molecular formula is C15H16ClNO. The lowest BCUT2D eigenvalue weighted by Gasteiger charge is -2.24. The minimum Gasteiger partial charge on any atom is -0.374 e. The summed E-state index contributed by atoms with van der Waals surface area (Å²) in [6.45, 7) is 2.88. The second-order valence-electron chi connectivity index (χ2n) is 4.87. The molecule has 1 aliphatic rings. The Labute approximate surface area is 112 Å². The summed E-state index contributed by atoms with van der Waals surface area (Å²) >= 11 is 6.10. The Kier molecular flexibility index (Phi) is 3.23. The average molecular weight is 262 g/mol. The number of hydrogen-bond acceptors (Lipinski definition) is 2. The Bertz CT molecular complexity index is 576. The maximum Gasteiger partial charge on any atom is 0.0832 e. The molecule has 18 heavy (non-hydrogen) atoms. The van der Waals surface area contributed by atoms with Gasteiger partial charge in [0.15, 0.2) is 0 Å². The van der Waals surface area contributed by atoms with Gasteiger partial charge in [0.1, 0.15) is 0 Å². The van der Waals surface area contributed by atoms with E-state index in [1.165, 1.54) is 18.4 Å². The lowest BCUT2D eigenvalue weighted by Crippen LogP contribution is -2.12. The van der Waals surface area contributed by atoms with Crippen LogP contribution in [0.25, 0.3) is 10.9 Å². The number of nitrogens with zero attached hydrogens (tertiary/aromatic N) is 1. The molecular weight excluding hydrogens is 246 g/mol. The van der Waals surface area contributed by atoms with Crippen molar-refractivity contribution in [1.29, 1.82) is 0 Å². The molecule has 1 unspecified atom stereocenters. The highest BCUT2D eigenvalue weighted by Crippen LogP contribution is 2.33. The number of rotatable bonds is 1. The molecule has 2 heterocycles. The van der Waals surface area contributed by atoms with E-state index in [9.17, 15) is 0 Å². The molecule has 0 aliphatic carbocycles. The van der Waals surface area contributed by atoms with E-state index < -0.39 is 0 Å². The van der Waals surface area contributed by atoms with Gasteiger partial charge in [0, 0.05) is 22.7 Å². The van der Waals surface area contributed by atoms with Crippen LogP contribution in [0.15, 0.2) is 24.3 Å². The molecule has 0 radical (unpaired) electrons. The van der Waals surface area contributed by atoms with Gasteiger partial charge in [0.25, 0.3) is 0 Å². The molecule has 2 nitrogen and oxygen atoms in total. The summed E-state index contributed by atoms with van der Waals surface area (Å²) in [6.07, 6.45) is 3.68. The van der Waals surface area contributed by atoms with Gasteiger partial charge in [-0.05, 0) is 56.0 Å². The van der Waals surface area contributed by atoms with E-state index in [0.717, 1.165) is 34.6 Å². The summed E-state index contributed by atoms with van der Waals surface area (Å²) in [6, 6.07) is 8.00. The van der Waals surface area contributed by atoms with Gasteiger partial charge in [-0.2, -0.15) is 0 Å². The third-order valence-electron chi connectivity index (χ3n) is 3.46. The molecule has 1 atom stereocenters. The predicted molar refractivity (Wildman–Crippen MR) is 74.0 cm³/mol. The lowest BCUT2D eigenvalue weighted by atomic mass is 9.97. The van der Waals surface area contributed by atoms with E-state index in [0.29, 0.717) is 0 Å². The van der Waals surface area contributed by atoms with Crippen molar-refractivity contribution in [2.45, 2.75) is 32.3 Å². The normalized spacial score (nSPS) is 20.2. The first-order chi connectivity index (χ1) is 8.74. The average Bonchev–Trinajstić information content (AvgIpc) is 2.39. The first-order valence-electron chi connectivity index (χ1n) is 6.42. The molecule has 1 aromatic heterocycles. The van der Waals surface area contributed by atoms with Crippen molar-refractivity contribution in [2.24, 2.45) is 0 Å². The van der Waals surface area contributed by atoms with Gasteiger partial charge in [-0.1, -0.05) is 11.6 Å². The summed E-state index contributed by atoms with van der Waals surface area (Å²) < 4.78 is 5.90. The van der Waals surface area contributed by atoms with Crippen LogP contribution in [0.2, 0.25) is 5.02 Å². The molecule has 0 saturated carbocycles. The standard InChI is InChI=1S/C15H16ClNO/c1-10-8-13(15-4-2-3-7-18-15)12-9-11(16)5-6-14(12)17-10/h5-6,8-9,15H,2-4,7H2,1H3. The largest absolute Gasteiger partial charge is 0.374 e. The highest BCUT2D eigenvalue weighted by Gasteiger charge is 2.19. The number of aromatic nitrogens is 1. The molecule has 3 rings (SSSR count). The Balaban J connectivity index is 2.16. The third kappa shape index (κ3) is 2.23. The smallest absolute Gasteiger partial charge is 0.0832 e. The molecule has 0 spiro atoms. The Morgan fingerprint density at radius 3 is 2.94 bits per heavy atom. The van der Waals surface area contributed by atoms with Crippen molar-refractivity contribution >= 4 is 22.5 Å². The van der Waals surface area contributed by atoms with E-state index in [2.05, 4.69) is 11.1 Å². The highest BCUT2D eigenvalue weighted by molar-refractivity contribution is 6.31. The molecule has 3 heteroatoms. The zero-order valence-corrected chi connectivity index (χ0v) is 11.2. The van der Waals surface area contributed by atoms with E-state index in [1.54, 1.807) is 0 Å². The fourth-order valence-corrected chi connectivity index (χ4v) is 2.79. The minimum atomic E-state index is 0.196. The number of aryl methyl sites for hydroxylation is 1.